The predicted molar refractivity (Wildman–Crippen MR) is 158 cm³/mol. The molecule has 12 nitrogen and oxygen atoms in total. The molecule has 4 aromatic carbocycles. The van der Waals surface area contributed by atoms with E-state index in [1.165, 1.54) is 55.6 Å². The van der Waals surface area contributed by atoms with Gasteiger partial charge in [-0.05, 0) is 67.1 Å². The number of nitro benzene ring substituents is 1. The highest BCUT2D eigenvalue weighted by Crippen LogP contribution is 2.30. The number of hydrogen-bond acceptors (Lipinski definition) is 8. The van der Waals surface area contributed by atoms with E-state index >= 15 is 0 Å². The van der Waals surface area contributed by atoms with E-state index in [9.17, 15) is 31.7 Å². The number of nitro groups is 1. The SMILES string of the molecule is COc1ccc(C)cc1NS(=O)(=O)c1ccc(NC(=O)CN(c2ccccc2)S(=O)(=O)c2ccccc2[N+](=O)[O-])cc1. The molecule has 0 saturated carbocycles. The Morgan fingerprint density at radius 3 is 2.19 bits per heavy atom. The summed E-state index contributed by atoms with van der Waals surface area (Å²) in [6.45, 7) is 1.09. The van der Waals surface area contributed by atoms with Crippen molar-refractivity contribution < 1.29 is 31.3 Å². The Labute approximate surface area is 242 Å². The van der Waals surface area contributed by atoms with Crippen LogP contribution in [0.5, 0.6) is 5.75 Å². The standard InChI is InChI=1S/C28H26N4O8S2/c1-20-12-17-26(40-2)24(18-20)30-41(36,37)23-15-13-21(14-16-23)29-28(33)19-31(22-8-4-3-5-9-22)42(38,39)27-11-7-6-10-25(27)32(34)35/h3-18,30H,19H2,1-2H3,(H,29,33). The third kappa shape index (κ3) is 6.67. The number of aryl methyl sites for hydroxylation is 1. The van der Waals surface area contributed by atoms with Crippen LogP contribution < -0.4 is 19.1 Å². The van der Waals surface area contributed by atoms with E-state index < -0.39 is 48.0 Å². The number of anilines is 3. The lowest BCUT2D eigenvalue weighted by Gasteiger charge is -2.24. The van der Waals surface area contributed by atoms with Crippen LogP contribution in [-0.2, 0) is 24.8 Å². The van der Waals surface area contributed by atoms with Crippen LogP contribution in [0.25, 0.3) is 0 Å². The molecule has 1 amide bonds. The summed E-state index contributed by atoms with van der Waals surface area (Å²) in [6.07, 6.45) is 0. The van der Waals surface area contributed by atoms with Gasteiger partial charge in [-0.15, -0.1) is 0 Å². The average molecular weight is 611 g/mol. The molecule has 0 atom stereocenters. The van der Waals surface area contributed by atoms with Crippen LogP contribution in [0.2, 0.25) is 0 Å². The quantitative estimate of drug-likeness (QED) is 0.184. The maximum Gasteiger partial charge on any atom is 0.289 e. The molecule has 218 valence electrons. The Kier molecular flexibility index (Phi) is 8.78. The van der Waals surface area contributed by atoms with E-state index in [0.29, 0.717) is 5.75 Å². The summed E-state index contributed by atoms with van der Waals surface area (Å²) in [5.41, 5.74) is 0.761. The number of sulfonamides is 2. The third-order valence-corrected chi connectivity index (χ3v) is 9.21. The molecule has 2 N–H and O–H groups in total. The molecule has 14 heteroatoms. The van der Waals surface area contributed by atoms with E-state index in [0.717, 1.165) is 22.0 Å². The highest BCUT2D eigenvalue weighted by atomic mass is 32.2. The molecule has 4 rings (SSSR count). The van der Waals surface area contributed by atoms with Gasteiger partial charge in [0.25, 0.3) is 25.7 Å². The van der Waals surface area contributed by atoms with E-state index in [1.807, 2.05) is 0 Å². The van der Waals surface area contributed by atoms with Crippen LogP contribution in [0.3, 0.4) is 0 Å². The zero-order valence-electron chi connectivity index (χ0n) is 22.4. The van der Waals surface area contributed by atoms with Crippen molar-refractivity contribution in [1.82, 2.24) is 0 Å². The number of ether oxygens (including phenoxy) is 1. The molecule has 0 aromatic heterocycles. The normalized spacial score (nSPS) is 11.4. The van der Waals surface area contributed by atoms with Crippen LogP contribution >= 0.6 is 0 Å². The monoisotopic (exact) mass is 610 g/mol. The maximum atomic E-state index is 13.6. The number of hydrogen-bond donors (Lipinski definition) is 2. The molecule has 0 heterocycles. The lowest BCUT2D eigenvalue weighted by molar-refractivity contribution is -0.387. The second kappa shape index (κ2) is 12.3. The van der Waals surface area contributed by atoms with Crippen molar-refractivity contribution in [3.05, 3.63) is 113 Å². The second-order valence-corrected chi connectivity index (χ2v) is 12.5. The van der Waals surface area contributed by atoms with Gasteiger partial charge in [0.1, 0.15) is 12.3 Å². The highest BCUT2D eigenvalue weighted by Gasteiger charge is 2.33. The fourth-order valence-electron chi connectivity index (χ4n) is 4.01. The number of nitrogens with one attached hydrogen (secondary N) is 2. The minimum atomic E-state index is -4.55. The van der Waals surface area contributed by atoms with Crippen molar-refractivity contribution in [3.63, 3.8) is 0 Å². The molecule has 0 fully saturated rings. The number of para-hydroxylation sites is 2. The second-order valence-electron chi connectivity index (χ2n) is 8.95. The van der Waals surface area contributed by atoms with Crippen molar-refractivity contribution in [3.8, 4) is 5.75 Å². The number of methoxy groups -OCH3 is 1. The maximum absolute atomic E-state index is 13.6. The van der Waals surface area contributed by atoms with Gasteiger partial charge in [0.05, 0.1) is 28.3 Å². The lowest BCUT2D eigenvalue weighted by Crippen LogP contribution is -2.38. The summed E-state index contributed by atoms with van der Waals surface area (Å²) >= 11 is 0. The molecule has 0 radical (unpaired) electrons. The summed E-state index contributed by atoms with van der Waals surface area (Å²) in [7, 11) is -7.14. The van der Waals surface area contributed by atoms with Crippen molar-refractivity contribution in [1.29, 1.82) is 0 Å². The smallest absolute Gasteiger partial charge is 0.289 e. The van der Waals surface area contributed by atoms with Crippen LogP contribution in [0.4, 0.5) is 22.7 Å². The molecule has 0 aliphatic carbocycles. The fraction of sp³-hybridized carbons (Fsp3) is 0.107. The van der Waals surface area contributed by atoms with Gasteiger partial charge >= 0.3 is 0 Å². The summed E-state index contributed by atoms with van der Waals surface area (Å²) in [5.74, 6) is -0.425. The molecular formula is C28H26N4O8S2. The first-order chi connectivity index (χ1) is 19.9. The molecule has 0 bridgehead atoms. The zero-order chi connectivity index (χ0) is 30.5. The van der Waals surface area contributed by atoms with E-state index in [2.05, 4.69) is 10.0 Å². The van der Waals surface area contributed by atoms with E-state index in [4.69, 9.17) is 4.74 Å². The third-order valence-electron chi connectivity index (χ3n) is 6.01. The van der Waals surface area contributed by atoms with Gasteiger partial charge < -0.3 is 10.1 Å². The van der Waals surface area contributed by atoms with Crippen LogP contribution in [0.15, 0.2) is 107 Å². The Bertz CT molecular complexity index is 1830. The van der Waals surface area contributed by atoms with Crippen LogP contribution in [0.1, 0.15) is 5.56 Å². The summed E-state index contributed by atoms with van der Waals surface area (Å²) in [6, 6.07) is 22.8. The van der Waals surface area contributed by atoms with Gasteiger partial charge in [0.15, 0.2) is 4.90 Å². The lowest BCUT2D eigenvalue weighted by atomic mass is 10.2. The van der Waals surface area contributed by atoms with E-state index in [-0.39, 0.29) is 22.0 Å². The van der Waals surface area contributed by atoms with E-state index in [1.54, 1.807) is 43.3 Å². The first-order valence-electron chi connectivity index (χ1n) is 12.3. The van der Waals surface area contributed by atoms with Gasteiger partial charge in [-0.2, -0.15) is 0 Å². The number of rotatable bonds is 11. The minimum Gasteiger partial charge on any atom is -0.495 e. The predicted octanol–water partition coefficient (Wildman–Crippen LogP) is 4.55. The molecule has 0 saturated heterocycles. The first kappa shape index (κ1) is 30.0. The van der Waals surface area contributed by atoms with Gasteiger partial charge in [-0.3, -0.25) is 23.9 Å². The van der Waals surface area contributed by atoms with Crippen molar-refractivity contribution in [2.75, 3.05) is 28.0 Å². The number of carbonyl (C=O) groups is 1. The summed E-state index contributed by atoms with van der Waals surface area (Å²) in [5, 5.41) is 14.1. The number of nitrogens with zero attached hydrogens (tertiary/aromatic N) is 2. The van der Waals surface area contributed by atoms with Crippen LogP contribution in [0, 0.1) is 17.0 Å². The topological polar surface area (TPSA) is 165 Å². The number of carbonyl (C=O) groups excluding carboxylic acids is 1. The number of amides is 1. The summed E-state index contributed by atoms with van der Waals surface area (Å²) < 4.78 is 61.6. The molecule has 0 aliphatic heterocycles. The Balaban J connectivity index is 1.56. The van der Waals surface area contributed by atoms with Gasteiger partial charge in [-0.1, -0.05) is 36.4 Å². The van der Waals surface area contributed by atoms with Crippen molar-refractivity contribution in [2.45, 2.75) is 16.7 Å². The molecular weight excluding hydrogens is 584 g/mol. The number of benzene rings is 4. The molecule has 0 unspecified atom stereocenters. The molecule has 42 heavy (non-hydrogen) atoms. The largest absolute Gasteiger partial charge is 0.495 e. The Hall–Kier alpha value is -4.95. The highest BCUT2D eigenvalue weighted by molar-refractivity contribution is 7.93. The first-order valence-corrected chi connectivity index (χ1v) is 15.2. The van der Waals surface area contributed by atoms with Crippen molar-refractivity contribution >= 4 is 48.7 Å². The van der Waals surface area contributed by atoms with Crippen molar-refractivity contribution in [2.24, 2.45) is 0 Å². The molecule has 0 aliphatic rings. The fourth-order valence-corrected chi connectivity index (χ4v) is 6.65. The zero-order valence-corrected chi connectivity index (χ0v) is 24.1. The molecule has 0 spiro atoms. The Morgan fingerprint density at radius 2 is 1.55 bits per heavy atom. The van der Waals surface area contributed by atoms with Gasteiger partial charge in [0.2, 0.25) is 5.91 Å². The van der Waals surface area contributed by atoms with Crippen LogP contribution in [-0.4, -0.2) is 41.3 Å². The average Bonchev–Trinajstić information content (AvgIpc) is 2.96. The molecule has 4 aromatic rings. The van der Waals surface area contributed by atoms with Gasteiger partial charge in [0, 0.05) is 11.8 Å². The summed E-state index contributed by atoms with van der Waals surface area (Å²) in [4.78, 5) is 23.1. The van der Waals surface area contributed by atoms with Gasteiger partial charge in [-0.25, -0.2) is 16.8 Å². The minimum absolute atomic E-state index is 0.0889. The Morgan fingerprint density at radius 1 is 0.905 bits per heavy atom.